The first-order valence-corrected chi connectivity index (χ1v) is 6.81. The van der Waals surface area contributed by atoms with Crippen LogP contribution in [0.1, 0.15) is 12.5 Å². The molecule has 1 saturated heterocycles. The van der Waals surface area contributed by atoms with E-state index in [-0.39, 0.29) is 11.9 Å². The van der Waals surface area contributed by atoms with E-state index in [2.05, 4.69) is 17.9 Å². The summed E-state index contributed by atoms with van der Waals surface area (Å²) in [5, 5.41) is 0. The topological polar surface area (TPSA) is 49.6 Å². The summed E-state index contributed by atoms with van der Waals surface area (Å²) < 4.78 is 0. The van der Waals surface area contributed by atoms with Crippen molar-refractivity contribution in [2.45, 2.75) is 19.9 Å². The predicted molar refractivity (Wildman–Crippen MR) is 78.2 cm³/mol. The third kappa shape index (κ3) is 2.96. The molecule has 1 aromatic carbocycles. The molecule has 0 aromatic heterocycles. The van der Waals surface area contributed by atoms with Gasteiger partial charge in [0.25, 0.3) is 0 Å². The highest BCUT2D eigenvalue weighted by Gasteiger charge is 2.32. The number of aryl methyl sites for hydroxylation is 1. The SMILES string of the molecule is Cc1cccc(N2CC(C)CN(C)C(CN)C2=O)c1. The van der Waals surface area contributed by atoms with Crippen molar-refractivity contribution >= 4 is 11.6 Å². The lowest BCUT2D eigenvalue weighted by Crippen LogP contribution is -2.48. The van der Waals surface area contributed by atoms with Crippen molar-refractivity contribution in [2.24, 2.45) is 11.7 Å². The summed E-state index contributed by atoms with van der Waals surface area (Å²) in [5.74, 6) is 0.547. The molecular weight excluding hydrogens is 238 g/mol. The van der Waals surface area contributed by atoms with Crippen molar-refractivity contribution in [3.05, 3.63) is 29.8 Å². The van der Waals surface area contributed by atoms with Crippen LogP contribution in [-0.2, 0) is 4.79 Å². The summed E-state index contributed by atoms with van der Waals surface area (Å²) in [4.78, 5) is 16.6. The molecule has 2 atom stereocenters. The van der Waals surface area contributed by atoms with Gasteiger partial charge in [0.1, 0.15) is 6.04 Å². The Morgan fingerprint density at radius 3 is 2.74 bits per heavy atom. The predicted octanol–water partition coefficient (Wildman–Crippen LogP) is 1.24. The largest absolute Gasteiger partial charge is 0.328 e. The lowest BCUT2D eigenvalue weighted by molar-refractivity contribution is -0.122. The number of hydrogen-bond acceptors (Lipinski definition) is 3. The lowest BCUT2D eigenvalue weighted by atomic mass is 10.1. The quantitative estimate of drug-likeness (QED) is 0.871. The molecule has 0 saturated carbocycles. The molecule has 1 aliphatic heterocycles. The second kappa shape index (κ2) is 5.72. The van der Waals surface area contributed by atoms with E-state index < -0.39 is 0 Å². The van der Waals surface area contributed by atoms with Crippen LogP contribution in [0.2, 0.25) is 0 Å². The van der Waals surface area contributed by atoms with Crippen LogP contribution in [-0.4, -0.2) is 43.5 Å². The van der Waals surface area contributed by atoms with Gasteiger partial charge in [0.2, 0.25) is 5.91 Å². The van der Waals surface area contributed by atoms with Crippen molar-refractivity contribution in [2.75, 3.05) is 31.6 Å². The van der Waals surface area contributed by atoms with Gasteiger partial charge in [0, 0.05) is 25.3 Å². The van der Waals surface area contributed by atoms with Crippen molar-refractivity contribution in [3.8, 4) is 0 Å². The second-order valence-corrected chi connectivity index (χ2v) is 5.58. The average Bonchev–Trinajstić information content (AvgIpc) is 2.46. The van der Waals surface area contributed by atoms with Gasteiger partial charge < -0.3 is 10.6 Å². The Morgan fingerprint density at radius 2 is 2.11 bits per heavy atom. The molecule has 19 heavy (non-hydrogen) atoms. The number of nitrogens with two attached hydrogens (primary N) is 1. The van der Waals surface area contributed by atoms with Gasteiger partial charge >= 0.3 is 0 Å². The minimum absolute atomic E-state index is 0.111. The maximum Gasteiger partial charge on any atom is 0.245 e. The van der Waals surface area contributed by atoms with Crippen molar-refractivity contribution < 1.29 is 4.79 Å². The highest BCUT2D eigenvalue weighted by molar-refractivity contribution is 5.97. The number of carbonyl (C=O) groups is 1. The molecule has 4 nitrogen and oxygen atoms in total. The molecule has 0 spiro atoms. The number of nitrogens with zero attached hydrogens (tertiary/aromatic N) is 2. The van der Waals surface area contributed by atoms with Crippen LogP contribution in [0.25, 0.3) is 0 Å². The summed E-state index contributed by atoms with van der Waals surface area (Å²) >= 11 is 0. The van der Waals surface area contributed by atoms with E-state index in [0.29, 0.717) is 12.5 Å². The summed E-state index contributed by atoms with van der Waals surface area (Å²) in [6.07, 6.45) is 0. The van der Waals surface area contributed by atoms with E-state index in [1.807, 2.05) is 37.1 Å². The Balaban J connectivity index is 2.34. The van der Waals surface area contributed by atoms with Crippen molar-refractivity contribution in [3.63, 3.8) is 0 Å². The van der Waals surface area contributed by atoms with E-state index in [1.54, 1.807) is 0 Å². The molecule has 2 unspecified atom stereocenters. The van der Waals surface area contributed by atoms with Gasteiger partial charge in [-0.15, -0.1) is 0 Å². The van der Waals surface area contributed by atoms with Gasteiger partial charge in [-0.1, -0.05) is 19.1 Å². The normalized spacial score (nSPS) is 25.5. The zero-order chi connectivity index (χ0) is 14.0. The molecule has 1 aromatic rings. The average molecular weight is 261 g/mol. The number of likely N-dealkylation sites (N-methyl/N-ethyl adjacent to an activating group) is 1. The van der Waals surface area contributed by atoms with Crippen LogP contribution in [0.15, 0.2) is 24.3 Å². The van der Waals surface area contributed by atoms with Crippen LogP contribution < -0.4 is 10.6 Å². The fourth-order valence-corrected chi connectivity index (χ4v) is 2.76. The van der Waals surface area contributed by atoms with E-state index in [4.69, 9.17) is 5.73 Å². The molecular formula is C15H23N3O. The van der Waals surface area contributed by atoms with Crippen LogP contribution in [0.4, 0.5) is 5.69 Å². The molecule has 2 rings (SSSR count). The minimum Gasteiger partial charge on any atom is -0.328 e. The van der Waals surface area contributed by atoms with Gasteiger partial charge in [0.15, 0.2) is 0 Å². The molecule has 4 heteroatoms. The molecule has 1 heterocycles. The highest BCUT2D eigenvalue weighted by atomic mass is 16.2. The smallest absolute Gasteiger partial charge is 0.245 e. The Labute approximate surface area is 115 Å². The Kier molecular flexibility index (Phi) is 4.22. The zero-order valence-electron chi connectivity index (χ0n) is 12.0. The Morgan fingerprint density at radius 1 is 1.37 bits per heavy atom. The summed E-state index contributed by atoms with van der Waals surface area (Å²) in [7, 11) is 1.98. The standard InChI is InChI=1S/C15H23N3O/c1-11-5-4-6-13(7-11)18-10-12(2)9-17(3)14(8-16)15(18)19/h4-7,12,14H,8-10,16H2,1-3H3. The summed E-state index contributed by atoms with van der Waals surface area (Å²) in [6, 6.07) is 7.88. The summed E-state index contributed by atoms with van der Waals surface area (Å²) in [5.41, 5.74) is 7.92. The summed E-state index contributed by atoms with van der Waals surface area (Å²) in [6.45, 7) is 6.23. The van der Waals surface area contributed by atoms with E-state index in [0.717, 1.165) is 18.8 Å². The van der Waals surface area contributed by atoms with Crippen LogP contribution >= 0.6 is 0 Å². The third-order valence-electron chi connectivity index (χ3n) is 3.71. The maximum absolute atomic E-state index is 12.6. The molecule has 1 aliphatic rings. The third-order valence-corrected chi connectivity index (χ3v) is 3.71. The number of carbonyl (C=O) groups excluding carboxylic acids is 1. The van der Waals surface area contributed by atoms with Crippen molar-refractivity contribution in [1.29, 1.82) is 0 Å². The number of anilines is 1. The highest BCUT2D eigenvalue weighted by Crippen LogP contribution is 2.22. The maximum atomic E-state index is 12.6. The number of rotatable bonds is 2. The number of amides is 1. The molecule has 104 valence electrons. The van der Waals surface area contributed by atoms with Crippen LogP contribution in [0, 0.1) is 12.8 Å². The van der Waals surface area contributed by atoms with E-state index >= 15 is 0 Å². The molecule has 2 N–H and O–H groups in total. The monoisotopic (exact) mass is 261 g/mol. The zero-order valence-corrected chi connectivity index (χ0v) is 12.0. The Hall–Kier alpha value is -1.39. The molecule has 0 bridgehead atoms. The fraction of sp³-hybridized carbons (Fsp3) is 0.533. The molecule has 1 amide bonds. The first kappa shape index (κ1) is 14.0. The number of hydrogen-bond donors (Lipinski definition) is 1. The minimum atomic E-state index is -0.217. The van der Waals surface area contributed by atoms with E-state index in [9.17, 15) is 4.79 Å². The van der Waals surface area contributed by atoms with E-state index in [1.165, 1.54) is 5.56 Å². The number of benzene rings is 1. The van der Waals surface area contributed by atoms with Gasteiger partial charge in [-0.2, -0.15) is 0 Å². The Bertz CT molecular complexity index is 460. The van der Waals surface area contributed by atoms with Crippen LogP contribution in [0.3, 0.4) is 0 Å². The molecule has 1 fully saturated rings. The van der Waals surface area contributed by atoms with Crippen LogP contribution in [0.5, 0.6) is 0 Å². The molecule has 0 radical (unpaired) electrons. The first-order valence-electron chi connectivity index (χ1n) is 6.81. The second-order valence-electron chi connectivity index (χ2n) is 5.58. The van der Waals surface area contributed by atoms with Gasteiger partial charge in [0.05, 0.1) is 0 Å². The fourth-order valence-electron chi connectivity index (χ4n) is 2.76. The van der Waals surface area contributed by atoms with Gasteiger partial charge in [-0.25, -0.2) is 0 Å². The van der Waals surface area contributed by atoms with Gasteiger partial charge in [-0.05, 0) is 37.6 Å². The van der Waals surface area contributed by atoms with Crippen molar-refractivity contribution in [1.82, 2.24) is 4.90 Å². The van der Waals surface area contributed by atoms with Gasteiger partial charge in [-0.3, -0.25) is 9.69 Å². The molecule has 0 aliphatic carbocycles. The lowest BCUT2D eigenvalue weighted by Gasteiger charge is -2.27. The first-order chi connectivity index (χ1) is 9.02.